The van der Waals surface area contributed by atoms with E-state index in [0.717, 1.165) is 24.0 Å². The van der Waals surface area contributed by atoms with E-state index in [0.29, 0.717) is 12.2 Å². The van der Waals surface area contributed by atoms with Crippen LogP contribution >= 0.6 is 0 Å². The first-order chi connectivity index (χ1) is 7.22. The van der Waals surface area contributed by atoms with Crippen molar-refractivity contribution in [1.29, 1.82) is 0 Å². The van der Waals surface area contributed by atoms with E-state index in [2.05, 4.69) is 25.1 Å². The van der Waals surface area contributed by atoms with E-state index in [9.17, 15) is 4.79 Å². The predicted octanol–water partition coefficient (Wildman–Crippen LogP) is 3.30. The Labute approximate surface area is 90.8 Å². The first-order valence-corrected chi connectivity index (χ1v) is 5.52. The Morgan fingerprint density at radius 2 is 2.07 bits per heavy atom. The third-order valence-corrected chi connectivity index (χ3v) is 2.99. The Kier molecular flexibility index (Phi) is 2.72. The van der Waals surface area contributed by atoms with E-state index < -0.39 is 0 Å². The van der Waals surface area contributed by atoms with Crippen molar-refractivity contribution in [1.82, 2.24) is 0 Å². The van der Waals surface area contributed by atoms with Gasteiger partial charge < -0.3 is 0 Å². The second-order valence-electron chi connectivity index (χ2n) is 4.14. The normalized spacial score (nSPS) is 18.8. The molecule has 0 radical (unpaired) electrons. The van der Waals surface area contributed by atoms with E-state index in [1.165, 1.54) is 11.1 Å². The largest absolute Gasteiger partial charge is 0.294 e. The van der Waals surface area contributed by atoms with Crippen LogP contribution in [0, 0.1) is 6.92 Å². The van der Waals surface area contributed by atoms with Crippen molar-refractivity contribution in [2.45, 2.75) is 33.1 Å². The quantitative estimate of drug-likeness (QED) is 0.464. The van der Waals surface area contributed by atoms with Crippen LogP contribution in [0.25, 0.3) is 5.57 Å². The summed E-state index contributed by atoms with van der Waals surface area (Å²) in [4.78, 5) is 11.8. The Morgan fingerprint density at radius 3 is 2.80 bits per heavy atom. The number of rotatable bonds is 0. The van der Waals surface area contributed by atoms with Gasteiger partial charge in [-0.3, -0.25) is 4.79 Å². The van der Waals surface area contributed by atoms with Gasteiger partial charge in [-0.1, -0.05) is 29.8 Å². The van der Waals surface area contributed by atoms with Crippen molar-refractivity contribution in [3.05, 3.63) is 41.0 Å². The average Bonchev–Trinajstić information content (AvgIpc) is 2.36. The van der Waals surface area contributed by atoms with Crippen molar-refractivity contribution in [3.8, 4) is 0 Å². The zero-order valence-electron chi connectivity index (χ0n) is 9.34. The molecule has 0 saturated heterocycles. The fraction of sp³-hybridized carbons (Fsp3) is 0.357. The zero-order valence-corrected chi connectivity index (χ0v) is 9.34. The minimum Gasteiger partial charge on any atom is -0.294 e. The third kappa shape index (κ3) is 1.87. The highest BCUT2D eigenvalue weighted by Crippen LogP contribution is 2.27. The molecule has 0 aliphatic heterocycles. The maximum Gasteiger partial charge on any atom is 0.163 e. The SMILES string of the molecule is C/C=C1/C(=O)CCCc2cc(C)ccc21. The minimum atomic E-state index is 0.292. The number of aryl methyl sites for hydroxylation is 2. The van der Waals surface area contributed by atoms with Gasteiger partial charge in [0.05, 0.1) is 0 Å². The maximum atomic E-state index is 11.8. The van der Waals surface area contributed by atoms with Crippen molar-refractivity contribution in [2.24, 2.45) is 0 Å². The van der Waals surface area contributed by atoms with Gasteiger partial charge in [0.2, 0.25) is 0 Å². The van der Waals surface area contributed by atoms with E-state index in [4.69, 9.17) is 0 Å². The molecule has 0 amide bonds. The van der Waals surface area contributed by atoms with Crippen LogP contribution in [0.4, 0.5) is 0 Å². The van der Waals surface area contributed by atoms with E-state index in [1.54, 1.807) is 0 Å². The first kappa shape index (κ1) is 10.2. The number of allylic oxidation sites excluding steroid dienone is 2. The molecule has 0 heterocycles. The highest BCUT2D eigenvalue weighted by molar-refractivity contribution is 6.21. The van der Waals surface area contributed by atoms with Crippen molar-refractivity contribution < 1.29 is 4.79 Å². The molecule has 0 fully saturated rings. The number of carbonyl (C=O) groups is 1. The molecule has 0 aromatic heterocycles. The molecule has 1 nitrogen and oxygen atoms in total. The molecular weight excluding hydrogens is 184 g/mol. The minimum absolute atomic E-state index is 0.292. The van der Waals surface area contributed by atoms with Crippen LogP contribution in [0.5, 0.6) is 0 Å². The summed E-state index contributed by atoms with van der Waals surface area (Å²) in [5.41, 5.74) is 4.65. The Balaban J connectivity index is 2.58. The van der Waals surface area contributed by atoms with Gasteiger partial charge in [0.1, 0.15) is 0 Å². The summed E-state index contributed by atoms with van der Waals surface area (Å²) >= 11 is 0. The van der Waals surface area contributed by atoms with Crippen molar-refractivity contribution in [3.63, 3.8) is 0 Å². The van der Waals surface area contributed by atoms with Crippen molar-refractivity contribution in [2.75, 3.05) is 0 Å². The lowest BCUT2D eigenvalue weighted by Gasteiger charge is -2.08. The maximum absolute atomic E-state index is 11.8. The van der Waals surface area contributed by atoms with Crippen LogP contribution < -0.4 is 0 Å². The molecule has 1 aliphatic carbocycles. The molecule has 1 aromatic rings. The molecule has 78 valence electrons. The van der Waals surface area contributed by atoms with Crippen LogP contribution in [0.1, 0.15) is 36.5 Å². The summed E-state index contributed by atoms with van der Waals surface area (Å²) in [6, 6.07) is 6.38. The van der Waals surface area contributed by atoms with Gasteiger partial charge in [-0.2, -0.15) is 0 Å². The molecule has 0 saturated carbocycles. The monoisotopic (exact) mass is 200 g/mol. The molecule has 0 N–H and O–H groups in total. The van der Waals surface area contributed by atoms with E-state index >= 15 is 0 Å². The molecule has 0 unspecified atom stereocenters. The van der Waals surface area contributed by atoms with Crippen LogP contribution in [-0.2, 0) is 11.2 Å². The van der Waals surface area contributed by atoms with Gasteiger partial charge in [0.15, 0.2) is 5.78 Å². The summed E-state index contributed by atoms with van der Waals surface area (Å²) in [6.07, 6.45) is 4.64. The Bertz CT molecular complexity index is 427. The summed E-state index contributed by atoms with van der Waals surface area (Å²) in [5, 5.41) is 0. The number of carbonyl (C=O) groups excluding carboxylic acids is 1. The van der Waals surface area contributed by atoms with Crippen LogP contribution in [-0.4, -0.2) is 5.78 Å². The number of ketones is 1. The van der Waals surface area contributed by atoms with Crippen LogP contribution in [0.3, 0.4) is 0 Å². The average molecular weight is 200 g/mol. The topological polar surface area (TPSA) is 17.1 Å². The molecule has 1 aromatic carbocycles. The highest BCUT2D eigenvalue weighted by atomic mass is 16.1. The van der Waals surface area contributed by atoms with Gasteiger partial charge in [-0.25, -0.2) is 0 Å². The van der Waals surface area contributed by atoms with Crippen LogP contribution in [0.15, 0.2) is 24.3 Å². The fourth-order valence-electron chi connectivity index (χ4n) is 2.23. The molecular formula is C14H16O. The molecule has 0 atom stereocenters. The second kappa shape index (κ2) is 4.01. The number of benzene rings is 1. The Morgan fingerprint density at radius 1 is 1.27 bits per heavy atom. The smallest absolute Gasteiger partial charge is 0.163 e. The summed E-state index contributed by atoms with van der Waals surface area (Å²) in [7, 11) is 0. The zero-order chi connectivity index (χ0) is 10.8. The lowest BCUT2D eigenvalue weighted by atomic mass is 9.96. The standard InChI is InChI=1S/C14H16O/c1-3-12-13-8-7-10(2)9-11(13)5-4-6-14(12)15/h3,7-9H,4-6H2,1-2H3/b12-3+. The molecule has 15 heavy (non-hydrogen) atoms. The molecule has 0 bridgehead atoms. The Hall–Kier alpha value is -1.37. The fourth-order valence-corrected chi connectivity index (χ4v) is 2.23. The van der Waals surface area contributed by atoms with E-state index in [1.807, 2.05) is 13.0 Å². The van der Waals surface area contributed by atoms with Gasteiger partial charge in [-0.15, -0.1) is 0 Å². The number of Topliss-reactive ketones (excluding diaryl/α,β-unsaturated/α-hetero) is 1. The van der Waals surface area contributed by atoms with Crippen molar-refractivity contribution >= 4 is 11.4 Å². The highest BCUT2D eigenvalue weighted by Gasteiger charge is 2.18. The van der Waals surface area contributed by atoms with Gasteiger partial charge in [0.25, 0.3) is 0 Å². The van der Waals surface area contributed by atoms with Gasteiger partial charge >= 0.3 is 0 Å². The number of hydrogen-bond acceptors (Lipinski definition) is 1. The predicted molar refractivity (Wildman–Crippen MR) is 62.8 cm³/mol. The molecule has 0 spiro atoms. The lowest BCUT2D eigenvalue weighted by Crippen LogP contribution is -1.99. The summed E-state index contributed by atoms with van der Waals surface area (Å²) < 4.78 is 0. The van der Waals surface area contributed by atoms with Gasteiger partial charge in [0, 0.05) is 12.0 Å². The third-order valence-electron chi connectivity index (χ3n) is 2.99. The van der Waals surface area contributed by atoms with E-state index in [-0.39, 0.29) is 0 Å². The molecule has 2 rings (SSSR count). The second-order valence-corrected chi connectivity index (χ2v) is 4.14. The number of hydrogen-bond donors (Lipinski definition) is 0. The molecule has 1 heteroatoms. The lowest BCUT2D eigenvalue weighted by molar-refractivity contribution is -0.113. The van der Waals surface area contributed by atoms with Gasteiger partial charge in [-0.05, 0) is 37.8 Å². The first-order valence-electron chi connectivity index (χ1n) is 5.52. The van der Waals surface area contributed by atoms with Crippen LogP contribution in [0.2, 0.25) is 0 Å². The number of fused-ring (bicyclic) bond motifs is 1. The molecule has 1 aliphatic rings. The summed E-state index contributed by atoms with van der Waals surface area (Å²) in [6.45, 7) is 4.05. The summed E-state index contributed by atoms with van der Waals surface area (Å²) in [5.74, 6) is 0.292.